The molecule has 90 valence electrons. The summed E-state index contributed by atoms with van der Waals surface area (Å²) in [5.41, 5.74) is 1.43. The molecule has 0 saturated carbocycles. The van der Waals surface area contributed by atoms with Crippen LogP contribution in [0.15, 0.2) is 18.2 Å². The minimum absolute atomic E-state index is 0.0726. The van der Waals surface area contributed by atoms with Crippen molar-refractivity contribution in [1.82, 2.24) is 0 Å². The molecule has 4 nitrogen and oxygen atoms in total. The van der Waals surface area contributed by atoms with Crippen molar-refractivity contribution < 1.29 is 13.2 Å². The highest BCUT2D eigenvalue weighted by Gasteiger charge is 2.29. The molecule has 1 aliphatic heterocycles. The van der Waals surface area contributed by atoms with Crippen LogP contribution >= 0.6 is 0 Å². The molecule has 0 spiro atoms. The number of nitriles is 1. The highest BCUT2D eigenvalue weighted by molar-refractivity contribution is 7.91. The number of hydrogen-bond acceptors (Lipinski definition) is 4. The average molecular weight is 251 g/mol. The van der Waals surface area contributed by atoms with Crippen molar-refractivity contribution in [1.29, 1.82) is 5.26 Å². The molecule has 1 heterocycles. The zero-order chi connectivity index (χ0) is 12.5. The first kappa shape index (κ1) is 11.9. The Morgan fingerprint density at radius 3 is 2.82 bits per heavy atom. The third-order valence-electron chi connectivity index (χ3n) is 2.80. The Morgan fingerprint density at radius 1 is 1.47 bits per heavy atom. The van der Waals surface area contributed by atoms with Crippen LogP contribution in [0.2, 0.25) is 0 Å². The summed E-state index contributed by atoms with van der Waals surface area (Å²) in [6.45, 7) is 1.87. The molecule has 0 amide bonds. The maximum absolute atomic E-state index is 11.3. The van der Waals surface area contributed by atoms with Gasteiger partial charge in [-0.1, -0.05) is 6.07 Å². The molecule has 0 N–H and O–H groups in total. The third-order valence-corrected chi connectivity index (χ3v) is 4.54. The van der Waals surface area contributed by atoms with Crippen LogP contribution in [0.4, 0.5) is 0 Å². The third kappa shape index (κ3) is 2.77. The van der Waals surface area contributed by atoms with Crippen molar-refractivity contribution in [2.75, 3.05) is 11.5 Å². The zero-order valence-corrected chi connectivity index (χ0v) is 10.3. The fourth-order valence-corrected chi connectivity index (χ4v) is 3.42. The van der Waals surface area contributed by atoms with Crippen LogP contribution in [0.3, 0.4) is 0 Å². The number of ether oxygens (including phenoxy) is 1. The van der Waals surface area contributed by atoms with Crippen molar-refractivity contribution in [3.8, 4) is 11.8 Å². The zero-order valence-electron chi connectivity index (χ0n) is 9.51. The second kappa shape index (κ2) is 4.38. The fraction of sp³-hybridized carbons (Fsp3) is 0.417. The molecule has 1 aromatic rings. The molecule has 1 fully saturated rings. The molecule has 1 atom stereocenters. The molecule has 0 bridgehead atoms. The van der Waals surface area contributed by atoms with Gasteiger partial charge in [-0.05, 0) is 31.0 Å². The molecule has 2 rings (SSSR count). The number of nitrogens with zero attached hydrogens (tertiary/aromatic N) is 1. The number of rotatable bonds is 2. The van der Waals surface area contributed by atoms with Crippen molar-refractivity contribution >= 4 is 9.84 Å². The van der Waals surface area contributed by atoms with Gasteiger partial charge < -0.3 is 4.74 Å². The number of hydrogen-bond donors (Lipinski definition) is 0. The van der Waals surface area contributed by atoms with Crippen LogP contribution < -0.4 is 4.74 Å². The lowest BCUT2D eigenvalue weighted by Gasteiger charge is -2.14. The summed E-state index contributed by atoms with van der Waals surface area (Å²) in [6.07, 6.45) is 0.242. The van der Waals surface area contributed by atoms with Gasteiger partial charge in [0, 0.05) is 0 Å². The topological polar surface area (TPSA) is 67.2 Å². The molecule has 0 aromatic heterocycles. The lowest BCUT2D eigenvalue weighted by atomic mass is 10.1. The Kier molecular flexibility index (Phi) is 3.07. The first-order valence-electron chi connectivity index (χ1n) is 5.38. The minimum atomic E-state index is -2.93. The molecule has 0 aliphatic carbocycles. The van der Waals surface area contributed by atoms with Crippen LogP contribution in [0.25, 0.3) is 0 Å². The number of aryl methyl sites for hydroxylation is 1. The van der Waals surface area contributed by atoms with Crippen LogP contribution in [-0.2, 0) is 9.84 Å². The molecule has 1 saturated heterocycles. The van der Waals surface area contributed by atoms with Gasteiger partial charge in [0.1, 0.15) is 11.9 Å². The van der Waals surface area contributed by atoms with Gasteiger partial charge in [0.15, 0.2) is 9.84 Å². The number of sulfone groups is 1. The van der Waals surface area contributed by atoms with Crippen molar-refractivity contribution in [3.05, 3.63) is 29.3 Å². The Balaban J connectivity index is 2.17. The summed E-state index contributed by atoms with van der Waals surface area (Å²) in [6, 6.07) is 7.21. The Bertz CT molecular complexity index is 572. The van der Waals surface area contributed by atoms with E-state index in [1.165, 1.54) is 0 Å². The first-order valence-corrected chi connectivity index (χ1v) is 7.20. The minimum Gasteiger partial charge on any atom is -0.489 e. The van der Waals surface area contributed by atoms with Gasteiger partial charge >= 0.3 is 0 Å². The lowest BCUT2D eigenvalue weighted by molar-refractivity contribution is 0.227. The second-order valence-electron chi connectivity index (χ2n) is 4.23. The Hall–Kier alpha value is -1.54. The van der Waals surface area contributed by atoms with Crippen molar-refractivity contribution in [2.45, 2.75) is 19.4 Å². The van der Waals surface area contributed by atoms with Gasteiger partial charge in [0.05, 0.1) is 23.1 Å². The quantitative estimate of drug-likeness (QED) is 0.797. The molecule has 1 aliphatic rings. The second-order valence-corrected chi connectivity index (χ2v) is 6.46. The van der Waals surface area contributed by atoms with Crippen LogP contribution in [0.5, 0.6) is 5.75 Å². The molecule has 1 aromatic carbocycles. The van der Waals surface area contributed by atoms with E-state index in [-0.39, 0.29) is 17.6 Å². The van der Waals surface area contributed by atoms with E-state index in [1.54, 1.807) is 18.2 Å². The Labute approximate surface area is 101 Å². The maximum Gasteiger partial charge on any atom is 0.154 e. The van der Waals surface area contributed by atoms with Crippen LogP contribution in [-0.4, -0.2) is 26.0 Å². The van der Waals surface area contributed by atoms with Gasteiger partial charge in [-0.25, -0.2) is 8.42 Å². The summed E-state index contributed by atoms with van der Waals surface area (Å²) in [7, 11) is -2.93. The predicted molar refractivity (Wildman–Crippen MR) is 63.6 cm³/mol. The maximum atomic E-state index is 11.3. The van der Waals surface area contributed by atoms with E-state index in [2.05, 4.69) is 0 Å². The SMILES string of the molecule is Cc1ccc(C#N)cc1OC1CCS(=O)(=O)C1. The largest absolute Gasteiger partial charge is 0.489 e. The average Bonchev–Trinajstić information content (AvgIpc) is 2.61. The van der Waals surface area contributed by atoms with Gasteiger partial charge in [0.25, 0.3) is 0 Å². The molecule has 0 radical (unpaired) electrons. The summed E-state index contributed by atoms with van der Waals surface area (Å²) < 4.78 is 28.3. The monoisotopic (exact) mass is 251 g/mol. The smallest absolute Gasteiger partial charge is 0.154 e. The van der Waals surface area contributed by atoms with Crippen LogP contribution in [0.1, 0.15) is 17.5 Å². The summed E-state index contributed by atoms with van der Waals surface area (Å²) >= 11 is 0. The molecule has 17 heavy (non-hydrogen) atoms. The lowest BCUT2D eigenvalue weighted by Crippen LogP contribution is -2.18. The van der Waals surface area contributed by atoms with Crippen LogP contribution in [0, 0.1) is 18.3 Å². The number of benzene rings is 1. The van der Waals surface area contributed by atoms with E-state index >= 15 is 0 Å². The van der Waals surface area contributed by atoms with Gasteiger partial charge in [0.2, 0.25) is 0 Å². The van der Waals surface area contributed by atoms with Crippen molar-refractivity contribution in [3.63, 3.8) is 0 Å². The standard InChI is InChI=1S/C12H13NO3S/c1-9-2-3-10(7-13)6-12(9)16-11-4-5-17(14,15)8-11/h2-3,6,11H,4-5,8H2,1H3. The fourth-order valence-electron chi connectivity index (χ4n) is 1.83. The molecule has 1 unspecified atom stereocenters. The highest BCUT2D eigenvalue weighted by atomic mass is 32.2. The van der Waals surface area contributed by atoms with E-state index in [4.69, 9.17) is 10.00 Å². The predicted octanol–water partition coefficient (Wildman–Crippen LogP) is 1.43. The van der Waals surface area contributed by atoms with Gasteiger partial charge in [-0.3, -0.25) is 0 Å². The summed E-state index contributed by atoms with van der Waals surface area (Å²) in [4.78, 5) is 0. The van der Waals surface area contributed by atoms with E-state index < -0.39 is 9.84 Å². The normalized spacial score (nSPS) is 22.0. The van der Waals surface area contributed by atoms with E-state index in [9.17, 15) is 8.42 Å². The van der Waals surface area contributed by atoms with E-state index in [0.29, 0.717) is 17.7 Å². The van der Waals surface area contributed by atoms with E-state index in [1.807, 2.05) is 13.0 Å². The molecule has 5 heteroatoms. The first-order chi connectivity index (χ1) is 8.00. The van der Waals surface area contributed by atoms with Gasteiger partial charge in [-0.2, -0.15) is 5.26 Å². The van der Waals surface area contributed by atoms with Crippen molar-refractivity contribution in [2.24, 2.45) is 0 Å². The summed E-state index contributed by atoms with van der Waals surface area (Å²) in [5.74, 6) is 0.865. The highest BCUT2D eigenvalue weighted by Crippen LogP contribution is 2.24. The summed E-state index contributed by atoms with van der Waals surface area (Å²) in [5, 5.41) is 8.80. The molecular weight excluding hydrogens is 238 g/mol. The Morgan fingerprint density at radius 2 is 2.24 bits per heavy atom. The van der Waals surface area contributed by atoms with Gasteiger partial charge in [-0.15, -0.1) is 0 Å². The van der Waals surface area contributed by atoms with E-state index in [0.717, 1.165) is 5.56 Å². The molecular formula is C12H13NO3S.